The van der Waals surface area contributed by atoms with Crippen LogP contribution in [0.4, 0.5) is 33.3 Å². The number of carbonyl (C=O) groups excluding carboxylic acids is 2. The van der Waals surface area contributed by atoms with E-state index in [0.29, 0.717) is 121 Å². The van der Waals surface area contributed by atoms with Gasteiger partial charge in [-0.1, -0.05) is 24.3 Å². The van der Waals surface area contributed by atoms with Crippen LogP contribution in [-0.2, 0) is 32.9 Å². The van der Waals surface area contributed by atoms with Gasteiger partial charge in [0.2, 0.25) is 20.0 Å². The molecule has 2 atom stereocenters. The van der Waals surface area contributed by atoms with Crippen molar-refractivity contribution in [3.8, 4) is 67.9 Å². The molecular formula is C71H60F5N9O9S2. The number of aliphatic hydroxyl groups is 1. The van der Waals surface area contributed by atoms with E-state index in [-0.39, 0.29) is 69.7 Å². The van der Waals surface area contributed by atoms with Crippen molar-refractivity contribution in [3.05, 3.63) is 191 Å². The molecule has 96 heavy (non-hydrogen) atoms. The minimum atomic E-state index is -3.78. The van der Waals surface area contributed by atoms with Crippen LogP contribution < -0.4 is 19.2 Å². The lowest BCUT2D eigenvalue weighted by molar-refractivity contribution is 0.0534. The molecule has 0 spiro atoms. The Morgan fingerprint density at radius 1 is 0.573 bits per heavy atom. The van der Waals surface area contributed by atoms with Gasteiger partial charge >= 0.3 is 0 Å². The number of amides is 2. The lowest BCUT2D eigenvalue weighted by Crippen LogP contribution is -2.50. The van der Waals surface area contributed by atoms with Gasteiger partial charge in [-0.05, 0) is 133 Å². The minimum absolute atomic E-state index is 0.0915. The Hall–Kier alpha value is -10.2. The van der Waals surface area contributed by atoms with Crippen LogP contribution in [0, 0.1) is 23.3 Å². The number of aromatic nitrogens is 4. The Kier molecular flexibility index (Phi) is 15.7. The van der Waals surface area contributed by atoms with E-state index < -0.39 is 55.5 Å². The second-order valence-corrected chi connectivity index (χ2v) is 28.3. The van der Waals surface area contributed by atoms with E-state index in [4.69, 9.17) is 18.8 Å². The normalized spacial score (nSPS) is 15.4. The van der Waals surface area contributed by atoms with Gasteiger partial charge in [-0.25, -0.2) is 48.8 Å². The summed E-state index contributed by atoms with van der Waals surface area (Å²) in [6.45, 7) is 1.15. The summed E-state index contributed by atoms with van der Waals surface area (Å²) in [5.41, 5.74) is 9.53. The third kappa shape index (κ3) is 10.9. The number of carbonyl (C=O) groups is 2. The Morgan fingerprint density at radius 3 is 1.39 bits per heavy atom. The molecule has 3 aliphatic rings. The fraction of sp³-hybridized carbons (Fsp3) is 0.211. The van der Waals surface area contributed by atoms with Gasteiger partial charge in [0.05, 0.1) is 98.9 Å². The van der Waals surface area contributed by atoms with Gasteiger partial charge in [-0.3, -0.25) is 23.1 Å². The molecule has 2 unspecified atom stereocenters. The molecule has 3 aliphatic heterocycles. The first-order valence-electron chi connectivity index (χ1n) is 30.5. The predicted octanol–water partition coefficient (Wildman–Crippen LogP) is 12.5. The number of nitrogens with one attached hydrogen (secondary N) is 2. The summed E-state index contributed by atoms with van der Waals surface area (Å²) >= 11 is 0. The number of anilines is 2. The van der Waals surface area contributed by atoms with Crippen molar-refractivity contribution in [1.82, 2.24) is 34.6 Å². The van der Waals surface area contributed by atoms with E-state index in [0.717, 1.165) is 32.2 Å². The van der Waals surface area contributed by atoms with Crippen LogP contribution in [0.25, 0.3) is 112 Å². The molecule has 0 radical (unpaired) electrons. The molecule has 0 bridgehead atoms. The fourth-order valence-corrected chi connectivity index (χ4v) is 14.4. The van der Waals surface area contributed by atoms with Gasteiger partial charge in [0.15, 0.2) is 0 Å². The van der Waals surface area contributed by atoms with E-state index >= 15 is 4.39 Å². The van der Waals surface area contributed by atoms with E-state index in [1.165, 1.54) is 88.9 Å². The molecule has 25 heteroatoms. The standard InChI is InChI=1S/C37H32F3N5O4S.C34H28F2N4O5S/c1-41-37(46)34-27-14-26(31(43(2)50(3,47)48)16-33(27)49-36(34)20-7-10-22(38)11-8-20)29-12-9-21-13-24(19-44-17-23(39)18-44)45-30-6-4-5-28(40)25(30)15-32(45)35(21)42-29;1-37-34(42)31-24-14-23(28(39(2)46(3,43)44)16-30(24)45-33(31)18-7-10-20(35)11-8-18)26-12-9-19-13-21(17-41)40-27-6-4-5-25(36)22(27)15-29(40)32(19)38-26/h4-12,14-16,23-24H,13,17-19H2,1-3H3,(H,41,46);4-12,14-16,21,41H,13,17H2,1-3H3,(H,37,42). The van der Waals surface area contributed by atoms with E-state index in [2.05, 4.69) is 20.1 Å². The summed E-state index contributed by atoms with van der Waals surface area (Å²) < 4.78 is 142. The second-order valence-electron chi connectivity index (χ2n) is 24.2. The third-order valence-electron chi connectivity index (χ3n) is 18.3. The molecule has 1 saturated heterocycles. The largest absolute Gasteiger partial charge is 0.455 e. The summed E-state index contributed by atoms with van der Waals surface area (Å²) in [6.07, 6.45) is 2.33. The zero-order chi connectivity index (χ0) is 67.5. The zero-order valence-corrected chi connectivity index (χ0v) is 54.0. The number of benzene rings is 6. The van der Waals surface area contributed by atoms with Crippen LogP contribution in [0.1, 0.15) is 43.9 Å². The second kappa shape index (κ2) is 23.9. The van der Waals surface area contributed by atoms with Crippen molar-refractivity contribution >= 4 is 87.0 Å². The molecule has 0 aliphatic carbocycles. The van der Waals surface area contributed by atoms with Crippen LogP contribution in [0.5, 0.6) is 0 Å². The summed E-state index contributed by atoms with van der Waals surface area (Å²) in [5, 5.41) is 17.2. The lowest BCUT2D eigenvalue weighted by Gasteiger charge is -2.39. The van der Waals surface area contributed by atoms with Crippen molar-refractivity contribution in [3.63, 3.8) is 0 Å². The molecule has 1 fully saturated rings. The highest BCUT2D eigenvalue weighted by Crippen LogP contribution is 2.47. The molecule has 0 saturated carbocycles. The highest BCUT2D eigenvalue weighted by atomic mass is 32.2. The molecule has 9 heterocycles. The minimum Gasteiger partial charge on any atom is -0.455 e. The number of fused-ring (bicyclic) bond motifs is 12. The van der Waals surface area contributed by atoms with E-state index in [1.807, 2.05) is 22.8 Å². The quantitative estimate of drug-likeness (QED) is 0.0919. The first kappa shape index (κ1) is 63.2. The number of hydrogen-bond acceptors (Lipinski definition) is 12. The molecule has 6 aromatic heterocycles. The maximum Gasteiger partial charge on any atom is 0.255 e. The van der Waals surface area contributed by atoms with Gasteiger partial charge in [-0.2, -0.15) is 0 Å². The van der Waals surface area contributed by atoms with E-state index in [1.54, 1.807) is 66.7 Å². The molecular weight excluding hydrogens is 1280 g/mol. The maximum atomic E-state index is 15.2. The number of furan rings is 2. The zero-order valence-electron chi connectivity index (χ0n) is 52.4. The van der Waals surface area contributed by atoms with Gasteiger partial charge in [-0.15, -0.1) is 0 Å². The Morgan fingerprint density at radius 2 is 0.990 bits per heavy atom. The molecule has 18 nitrogen and oxygen atoms in total. The molecule has 12 aromatic rings. The van der Waals surface area contributed by atoms with Crippen LogP contribution in [0.2, 0.25) is 0 Å². The van der Waals surface area contributed by atoms with Crippen molar-refractivity contribution in [1.29, 1.82) is 0 Å². The highest BCUT2D eigenvalue weighted by molar-refractivity contribution is 7.92. The number of pyridine rings is 2. The average molecular weight is 1340 g/mol. The Labute approximate surface area is 546 Å². The van der Waals surface area contributed by atoms with Crippen molar-refractivity contribution in [2.24, 2.45) is 0 Å². The monoisotopic (exact) mass is 1340 g/mol. The first-order valence-corrected chi connectivity index (χ1v) is 34.2. The topological polar surface area (TPSA) is 218 Å². The summed E-state index contributed by atoms with van der Waals surface area (Å²) in [5.74, 6) is -2.17. The van der Waals surface area contributed by atoms with Crippen LogP contribution >= 0.6 is 0 Å². The predicted molar refractivity (Wildman–Crippen MR) is 359 cm³/mol. The number of sulfonamides is 2. The molecule has 490 valence electrons. The van der Waals surface area contributed by atoms with Crippen LogP contribution in [0.3, 0.4) is 0 Å². The van der Waals surface area contributed by atoms with Crippen molar-refractivity contribution in [2.75, 3.05) is 75.6 Å². The van der Waals surface area contributed by atoms with Gasteiger partial charge < -0.3 is 33.7 Å². The Balaban J connectivity index is 0.000000166. The van der Waals surface area contributed by atoms with Gasteiger partial charge in [0.25, 0.3) is 11.8 Å². The number of rotatable bonds is 13. The molecule has 15 rings (SSSR count). The SMILES string of the molecule is CNC(=O)c1c(-c2ccc(F)cc2)oc2cc(N(C)S(C)(=O)=O)c(-c3ccc4c(n3)-c3cc5c(F)cccc5n3C(CN3CC(F)C3)C4)cc12.CNC(=O)c1c(-c2ccc(F)cc2)oc2cc(N(C)S(C)(=O)=O)c(-c3ccc4c(n3)-c3cc5c(F)cccc5n3C(CO)C4)cc12. The van der Waals surface area contributed by atoms with Crippen LogP contribution in [-0.4, -0.2) is 131 Å². The van der Waals surface area contributed by atoms with Gasteiger partial charge in [0.1, 0.15) is 52.1 Å². The summed E-state index contributed by atoms with van der Waals surface area (Å²) in [6, 6.07) is 37.7. The number of halogens is 5. The fourth-order valence-electron chi connectivity index (χ4n) is 13.4. The number of hydrogen-bond donors (Lipinski definition) is 3. The third-order valence-corrected chi connectivity index (χ3v) is 20.7. The summed E-state index contributed by atoms with van der Waals surface area (Å²) in [4.78, 5) is 38.7. The average Bonchev–Trinajstić information content (AvgIpc) is 1.53. The van der Waals surface area contributed by atoms with Gasteiger partial charge in [0, 0.05) is 104 Å². The van der Waals surface area contributed by atoms with Crippen molar-refractivity contribution in [2.45, 2.75) is 31.1 Å². The molecule has 3 N–H and O–H groups in total. The number of aliphatic hydroxyl groups excluding tert-OH is 1. The molecule has 2 amide bonds. The lowest BCUT2D eigenvalue weighted by atomic mass is 9.95. The smallest absolute Gasteiger partial charge is 0.255 e. The highest BCUT2D eigenvalue weighted by Gasteiger charge is 2.36. The van der Waals surface area contributed by atoms with Crippen molar-refractivity contribution < 1.29 is 62.3 Å². The number of alkyl halides is 1. The molecule has 6 aromatic carbocycles. The van der Waals surface area contributed by atoms with E-state index in [9.17, 15) is 49.1 Å². The van der Waals surface area contributed by atoms with Crippen LogP contribution in [0.15, 0.2) is 154 Å². The maximum absolute atomic E-state index is 15.2. The number of nitrogens with zero attached hydrogens (tertiary/aromatic N) is 7. The number of likely N-dealkylation sites (tertiary alicyclic amines) is 1. The Bertz CT molecular complexity index is 5440. The summed E-state index contributed by atoms with van der Waals surface area (Å²) in [7, 11) is -1.74. The first-order chi connectivity index (χ1) is 45.9.